The standard InChI is InChI=1S/C25H29Cl2N3O2/c1-24(2,3)13-18-20(22(31)30(4)5)29-21(14-6-8-15(26)9-7-14)25(18)17-11-10-16(27)12-19(17)28-23(25)32/h6-12,18,20-21,29H,13H2,1-5H3,(H,28,32)/t18?,20-,21+,25-/m1/s1. The molecule has 4 rings (SSSR count). The minimum atomic E-state index is -0.961. The number of carbonyl (C=O) groups is 2. The third-order valence-electron chi connectivity index (χ3n) is 6.58. The number of fused-ring (bicyclic) bond motifs is 2. The third-order valence-corrected chi connectivity index (χ3v) is 7.07. The summed E-state index contributed by atoms with van der Waals surface area (Å²) < 4.78 is 0. The Morgan fingerprint density at radius 3 is 2.28 bits per heavy atom. The molecule has 0 aromatic heterocycles. The van der Waals surface area contributed by atoms with Gasteiger partial charge >= 0.3 is 0 Å². The SMILES string of the molecule is CN(C)C(=O)[C@@H]1N[C@@H](c2ccc(Cl)cc2)[C@]2(C(=O)Nc3cc(Cl)ccc32)C1CC(C)(C)C. The van der Waals surface area contributed by atoms with Gasteiger partial charge in [0.05, 0.1) is 12.1 Å². The van der Waals surface area contributed by atoms with Crippen LogP contribution in [0.4, 0.5) is 5.69 Å². The number of rotatable bonds is 3. The van der Waals surface area contributed by atoms with Crippen molar-refractivity contribution in [3.05, 3.63) is 63.6 Å². The number of likely N-dealkylation sites (N-methyl/N-ethyl adjacent to an activating group) is 1. The van der Waals surface area contributed by atoms with E-state index in [1.54, 1.807) is 25.1 Å². The van der Waals surface area contributed by atoms with Gasteiger partial charge in [-0.2, -0.15) is 0 Å². The maximum Gasteiger partial charge on any atom is 0.239 e. The van der Waals surface area contributed by atoms with Crippen LogP contribution >= 0.6 is 23.2 Å². The Labute approximate surface area is 199 Å². The van der Waals surface area contributed by atoms with Gasteiger partial charge in [-0.05, 0) is 47.2 Å². The van der Waals surface area contributed by atoms with Crippen LogP contribution < -0.4 is 10.6 Å². The molecule has 2 N–H and O–H groups in total. The third kappa shape index (κ3) is 3.70. The monoisotopic (exact) mass is 473 g/mol. The lowest BCUT2D eigenvalue weighted by Crippen LogP contribution is -2.48. The Hall–Kier alpha value is -2.08. The summed E-state index contributed by atoms with van der Waals surface area (Å²) in [6.07, 6.45) is 0.684. The van der Waals surface area contributed by atoms with Crippen LogP contribution in [0, 0.1) is 11.3 Å². The van der Waals surface area contributed by atoms with E-state index in [1.165, 1.54) is 0 Å². The maximum atomic E-state index is 13.9. The number of amides is 2. The van der Waals surface area contributed by atoms with E-state index in [9.17, 15) is 9.59 Å². The molecule has 1 unspecified atom stereocenters. The second-order valence-electron chi connectivity index (χ2n) is 10.2. The zero-order valence-corrected chi connectivity index (χ0v) is 20.5. The Morgan fingerprint density at radius 1 is 1.06 bits per heavy atom. The number of benzene rings is 2. The molecular weight excluding hydrogens is 445 g/mol. The highest BCUT2D eigenvalue weighted by atomic mass is 35.5. The number of hydrogen-bond acceptors (Lipinski definition) is 3. The normalized spacial score (nSPS) is 26.8. The lowest BCUT2D eigenvalue weighted by molar-refractivity contribution is -0.132. The summed E-state index contributed by atoms with van der Waals surface area (Å²) in [5.74, 6) is -0.406. The van der Waals surface area contributed by atoms with E-state index in [0.717, 1.165) is 11.1 Å². The maximum absolute atomic E-state index is 13.9. The average molecular weight is 474 g/mol. The van der Waals surface area contributed by atoms with Gasteiger partial charge in [-0.25, -0.2) is 0 Å². The first-order valence-corrected chi connectivity index (χ1v) is 11.5. The Bertz CT molecular complexity index is 1060. The fourth-order valence-electron chi connectivity index (χ4n) is 5.36. The van der Waals surface area contributed by atoms with Gasteiger partial charge in [0.25, 0.3) is 0 Å². The molecule has 0 saturated carbocycles. The molecule has 2 aromatic carbocycles. The molecule has 1 fully saturated rings. The van der Waals surface area contributed by atoms with Crippen molar-refractivity contribution >= 4 is 40.7 Å². The Balaban J connectivity index is 1.98. The summed E-state index contributed by atoms with van der Waals surface area (Å²) in [5.41, 5.74) is 1.44. The molecule has 4 atom stereocenters. The van der Waals surface area contributed by atoms with E-state index < -0.39 is 17.5 Å². The van der Waals surface area contributed by atoms with Gasteiger partial charge < -0.3 is 10.2 Å². The molecule has 0 aliphatic carbocycles. The van der Waals surface area contributed by atoms with Crippen molar-refractivity contribution in [1.82, 2.24) is 10.2 Å². The first-order valence-electron chi connectivity index (χ1n) is 10.8. The van der Waals surface area contributed by atoms with Crippen molar-refractivity contribution in [3.8, 4) is 0 Å². The number of anilines is 1. The van der Waals surface area contributed by atoms with Crippen molar-refractivity contribution in [2.75, 3.05) is 19.4 Å². The van der Waals surface area contributed by atoms with Gasteiger partial charge in [0.15, 0.2) is 0 Å². The fourth-order valence-corrected chi connectivity index (χ4v) is 5.66. The summed E-state index contributed by atoms with van der Waals surface area (Å²) in [5, 5.41) is 7.82. The molecule has 32 heavy (non-hydrogen) atoms. The summed E-state index contributed by atoms with van der Waals surface area (Å²) in [6.45, 7) is 6.43. The van der Waals surface area contributed by atoms with Crippen molar-refractivity contribution in [3.63, 3.8) is 0 Å². The number of carbonyl (C=O) groups excluding carboxylic acids is 2. The zero-order chi connectivity index (χ0) is 23.4. The molecule has 2 heterocycles. The van der Waals surface area contributed by atoms with Gasteiger partial charge in [-0.15, -0.1) is 0 Å². The van der Waals surface area contributed by atoms with E-state index in [1.807, 2.05) is 36.4 Å². The number of hydrogen-bond donors (Lipinski definition) is 2. The summed E-state index contributed by atoms with van der Waals surface area (Å²) in [6, 6.07) is 12.1. The number of nitrogens with one attached hydrogen (secondary N) is 2. The van der Waals surface area contributed by atoms with Crippen molar-refractivity contribution in [1.29, 1.82) is 0 Å². The highest BCUT2D eigenvalue weighted by Crippen LogP contribution is 2.58. The zero-order valence-electron chi connectivity index (χ0n) is 19.0. The van der Waals surface area contributed by atoms with Crippen LogP contribution in [0.15, 0.2) is 42.5 Å². The van der Waals surface area contributed by atoms with E-state index in [4.69, 9.17) is 23.2 Å². The molecule has 1 saturated heterocycles. The lowest BCUT2D eigenvalue weighted by Gasteiger charge is -2.38. The minimum Gasteiger partial charge on any atom is -0.347 e. The molecule has 170 valence electrons. The predicted octanol–water partition coefficient (Wildman–Crippen LogP) is 5.04. The predicted molar refractivity (Wildman–Crippen MR) is 129 cm³/mol. The topological polar surface area (TPSA) is 61.4 Å². The summed E-state index contributed by atoms with van der Waals surface area (Å²) in [4.78, 5) is 28.9. The van der Waals surface area contributed by atoms with Gasteiger partial charge in [0.2, 0.25) is 11.8 Å². The number of halogens is 2. The summed E-state index contributed by atoms with van der Waals surface area (Å²) in [7, 11) is 3.51. The second kappa shape index (κ2) is 8.05. The molecule has 0 radical (unpaired) electrons. The Kier molecular flexibility index (Phi) is 5.81. The largest absolute Gasteiger partial charge is 0.347 e. The van der Waals surface area contributed by atoms with Crippen LogP contribution in [0.3, 0.4) is 0 Å². The lowest BCUT2D eigenvalue weighted by atomic mass is 9.62. The van der Waals surface area contributed by atoms with Crippen LogP contribution in [-0.4, -0.2) is 36.9 Å². The number of nitrogens with zero attached hydrogens (tertiary/aromatic N) is 1. The molecule has 1 spiro atoms. The van der Waals surface area contributed by atoms with Gasteiger partial charge in [-0.1, -0.05) is 62.2 Å². The van der Waals surface area contributed by atoms with Crippen LogP contribution in [0.5, 0.6) is 0 Å². The van der Waals surface area contributed by atoms with E-state index >= 15 is 0 Å². The molecule has 2 aliphatic heterocycles. The van der Waals surface area contributed by atoms with Crippen LogP contribution in [0.25, 0.3) is 0 Å². The van der Waals surface area contributed by atoms with E-state index in [0.29, 0.717) is 22.2 Å². The van der Waals surface area contributed by atoms with Crippen LogP contribution in [-0.2, 0) is 15.0 Å². The molecule has 0 bridgehead atoms. The molecule has 7 heteroatoms. The first-order chi connectivity index (χ1) is 14.9. The van der Waals surface area contributed by atoms with Crippen molar-refractivity contribution in [2.24, 2.45) is 11.3 Å². The average Bonchev–Trinajstić information content (AvgIpc) is 3.16. The van der Waals surface area contributed by atoms with Gasteiger partial charge in [0, 0.05) is 35.7 Å². The van der Waals surface area contributed by atoms with Gasteiger partial charge in [0.1, 0.15) is 5.41 Å². The van der Waals surface area contributed by atoms with Crippen LogP contribution in [0.1, 0.15) is 44.4 Å². The minimum absolute atomic E-state index is 0.0368. The van der Waals surface area contributed by atoms with Crippen molar-refractivity contribution < 1.29 is 9.59 Å². The van der Waals surface area contributed by atoms with Crippen LogP contribution in [0.2, 0.25) is 10.0 Å². The van der Waals surface area contributed by atoms with E-state index in [2.05, 4.69) is 31.4 Å². The summed E-state index contributed by atoms with van der Waals surface area (Å²) >= 11 is 12.4. The van der Waals surface area contributed by atoms with Crippen molar-refractivity contribution in [2.45, 2.75) is 44.7 Å². The highest BCUT2D eigenvalue weighted by Gasteiger charge is 2.65. The van der Waals surface area contributed by atoms with Gasteiger partial charge in [-0.3, -0.25) is 14.9 Å². The molecule has 2 aliphatic rings. The molecule has 2 amide bonds. The highest BCUT2D eigenvalue weighted by molar-refractivity contribution is 6.31. The Morgan fingerprint density at radius 2 is 1.69 bits per heavy atom. The molecule has 2 aromatic rings. The second-order valence-corrected chi connectivity index (χ2v) is 11.1. The molecular formula is C25H29Cl2N3O2. The molecule has 5 nitrogen and oxygen atoms in total. The fraction of sp³-hybridized carbons (Fsp3) is 0.440. The first kappa shape index (κ1) is 23.1. The quantitative estimate of drug-likeness (QED) is 0.656. The smallest absolute Gasteiger partial charge is 0.239 e. The van der Waals surface area contributed by atoms with E-state index in [-0.39, 0.29) is 23.1 Å².